The van der Waals surface area contributed by atoms with Crippen molar-refractivity contribution in [3.63, 3.8) is 0 Å². The molecule has 0 bridgehead atoms. The molecule has 30 heavy (non-hydrogen) atoms. The Morgan fingerprint density at radius 3 is 2.57 bits per heavy atom. The number of carboxylic acid groups (broad SMARTS) is 2. The zero-order valence-electron chi connectivity index (χ0n) is 16.3. The van der Waals surface area contributed by atoms with Crippen LogP contribution in [0.2, 0.25) is 0 Å². The number of nitrogens with zero attached hydrogens (tertiary/aromatic N) is 1. The summed E-state index contributed by atoms with van der Waals surface area (Å²) in [6.45, 7) is -0.114. The molecule has 1 aromatic carbocycles. The minimum Gasteiger partial charge on any atom is -0.480 e. The molecule has 1 fully saturated rings. The molecule has 9 heteroatoms. The molecule has 0 saturated carbocycles. The number of carboxylic acids is 2. The largest absolute Gasteiger partial charge is 0.480 e. The monoisotopic (exact) mass is 448 g/mol. The molecular formula is C21H24N2O5S2. The highest BCUT2D eigenvalue weighted by molar-refractivity contribution is 7.99. The number of thioether (sulfide) groups is 1. The Balaban J connectivity index is 1.72. The van der Waals surface area contributed by atoms with Crippen LogP contribution in [-0.4, -0.2) is 63.9 Å². The highest BCUT2D eigenvalue weighted by Crippen LogP contribution is 2.35. The number of carbonyl (C=O) groups is 3. The minimum absolute atomic E-state index is 0.0345. The summed E-state index contributed by atoms with van der Waals surface area (Å²) in [5, 5.41) is 23.8. The van der Waals surface area contributed by atoms with Gasteiger partial charge in [-0.2, -0.15) is 0 Å². The van der Waals surface area contributed by atoms with E-state index < -0.39 is 30.6 Å². The molecule has 0 spiro atoms. The van der Waals surface area contributed by atoms with Crippen LogP contribution in [0.5, 0.6) is 0 Å². The first-order valence-corrected chi connectivity index (χ1v) is 11.5. The third-order valence-electron chi connectivity index (χ3n) is 4.91. The molecule has 1 aliphatic rings. The number of rotatable bonds is 9. The summed E-state index contributed by atoms with van der Waals surface area (Å²) in [6, 6.07) is 11.8. The number of hydrogen-bond acceptors (Lipinski definition) is 6. The van der Waals surface area contributed by atoms with Crippen molar-refractivity contribution in [3.05, 3.63) is 58.3 Å². The number of nitrogens with one attached hydrogen (secondary N) is 1. The Labute approximate surface area is 183 Å². The average molecular weight is 449 g/mol. The van der Waals surface area contributed by atoms with E-state index in [-0.39, 0.29) is 17.7 Å². The lowest BCUT2D eigenvalue weighted by atomic mass is 10.0. The average Bonchev–Trinajstić information content (AvgIpc) is 3.21. The smallest absolute Gasteiger partial charge is 0.323 e. The third kappa shape index (κ3) is 6.07. The molecule has 2 unspecified atom stereocenters. The molecule has 1 amide bonds. The van der Waals surface area contributed by atoms with E-state index in [1.165, 1.54) is 4.90 Å². The summed E-state index contributed by atoms with van der Waals surface area (Å²) in [5.41, 5.74) is 1.03. The fourth-order valence-corrected chi connectivity index (χ4v) is 5.66. The predicted molar refractivity (Wildman–Crippen MR) is 117 cm³/mol. The van der Waals surface area contributed by atoms with Gasteiger partial charge < -0.3 is 15.1 Å². The lowest BCUT2D eigenvalue weighted by molar-refractivity contribution is -0.146. The molecule has 0 radical (unpaired) electrons. The number of hydrogen-bond donors (Lipinski definition) is 3. The van der Waals surface area contributed by atoms with Gasteiger partial charge in [-0.1, -0.05) is 36.4 Å². The second-order valence-corrected chi connectivity index (χ2v) is 9.30. The van der Waals surface area contributed by atoms with Gasteiger partial charge >= 0.3 is 11.9 Å². The lowest BCUT2D eigenvalue weighted by Crippen LogP contribution is -2.53. The molecular weight excluding hydrogens is 424 g/mol. The number of benzene rings is 1. The van der Waals surface area contributed by atoms with Gasteiger partial charge in [-0.15, -0.1) is 23.1 Å². The quantitative estimate of drug-likeness (QED) is 0.541. The Kier molecular flexibility index (Phi) is 7.89. The van der Waals surface area contributed by atoms with E-state index >= 15 is 0 Å². The van der Waals surface area contributed by atoms with E-state index in [4.69, 9.17) is 0 Å². The second kappa shape index (κ2) is 10.6. The van der Waals surface area contributed by atoms with Crippen LogP contribution in [-0.2, 0) is 20.8 Å². The van der Waals surface area contributed by atoms with Crippen LogP contribution in [0.3, 0.4) is 0 Å². The topological polar surface area (TPSA) is 107 Å². The summed E-state index contributed by atoms with van der Waals surface area (Å²) in [5.74, 6) is -2.09. The maximum atomic E-state index is 13.0. The van der Waals surface area contributed by atoms with Crippen LogP contribution >= 0.6 is 23.1 Å². The summed E-state index contributed by atoms with van der Waals surface area (Å²) in [4.78, 5) is 38.5. The van der Waals surface area contributed by atoms with Gasteiger partial charge in [0.1, 0.15) is 12.6 Å². The summed E-state index contributed by atoms with van der Waals surface area (Å²) in [7, 11) is 0. The van der Waals surface area contributed by atoms with Gasteiger partial charge in [0.2, 0.25) is 5.91 Å². The van der Waals surface area contributed by atoms with Gasteiger partial charge in [-0.05, 0) is 29.9 Å². The van der Waals surface area contributed by atoms with Gasteiger partial charge in [-0.25, -0.2) is 0 Å². The van der Waals surface area contributed by atoms with Gasteiger partial charge in [0.05, 0.1) is 11.3 Å². The number of aryl methyl sites for hydroxylation is 1. The Morgan fingerprint density at radius 2 is 1.93 bits per heavy atom. The molecule has 1 saturated heterocycles. The molecule has 7 nitrogen and oxygen atoms in total. The molecule has 3 atom stereocenters. The third-order valence-corrected chi connectivity index (χ3v) is 7.38. The summed E-state index contributed by atoms with van der Waals surface area (Å²) in [6.07, 6.45) is 0.899. The standard InChI is InChI=1S/C21H24N2O5S2/c24-19(25)12-23-11-18(17-7-4-10-29-17)30-13-16(20(23)26)22-15(21(27)28)9-8-14-5-2-1-3-6-14/h1-7,10,15-16,18,22H,8-9,11-13H2,(H,24,25)(H,27,28)/t15-,16?,18?/m1/s1. The fraction of sp³-hybridized carbons (Fsp3) is 0.381. The fourth-order valence-electron chi connectivity index (χ4n) is 3.40. The number of thiophene rings is 1. The van der Waals surface area contributed by atoms with Gasteiger partial charge in [0.15, 0.2) is 0 Å². The van der Waals surface area contributed by atoms with E-state index in [1.807, 2.05) is 47.8 Å². The van der Waals surface area contributed by atoms with Crippen LogP contribution < -0.4 is 5.32 Å². The van der Waals surface area contributed by atoms with Crippen molar-refractivity contribution in [1.82, 2.24) is 10.2 Å². The highest BCUT2D eigenvalue weighted by atomic mass is 32.2. The first kappa shape index (κ1) is 22.3. The molecule has 160 valence electrons. The van der Waals surface area contributed by atoms with Crippen molar-refractivity contribution >= 4 is 40.9 Å². The van der Waals surface area contributed by atoms with Gasteiger partial charge in [0, 0.05) is 17.2 Å². The van der Waals surface area contributed by atoms with Crippen molar-refractivity contribution in [2.45, 2.75) is 30.2 Å². The zero-order valence-corrected chi connectivity index (χ0v) is 17.9. The SMILES string of the molecule is O=C(O)CN1CC(c2cccs2)SCC(N[C@H](CCc2ccccc2)C(=O)O)C1=O. The van der Waals surface area contributed by atoms with Crippen molar-refractivity contribution in [3.8, 4) is 0 Å². The molecule has 2 heterocycles. The van der Waals surface area contributed by atoms with Crippen LogP contribution in [0.25, 0.3) is 0 Å². The molecule has 1 aliphatic heterocycles. The second-order valence-electron chi connectivity index (χ2n) is 7.08. The van der Waals surface area contributed by atoms with Crippen LogP contribution in [0.15, 0.2) is 47.8 Å². The summed E-state index contributed by atoms with van der Waals surface area (Å²) >= 11 is 3.12. The first-order chi connectivity index (χ1) is 14.4. The maximum Gasteiger partial charge on any atom is 0.323 e. The molecule has 3 N–H and O–H groups in total. The first-order valence-electron chi connectivity index (χ1n) is 9.62. The molecule has 3 rings (SSSR count). The van der Waals surface area contributed by atoms with E-state index in [0.29, 0.717) is 18.6 Å². The predicted octanol–water partition coefficient (Wildman–Crippen LogP) is 2.49. The van der Waals surface area contributed by atoms with E-state index in [2.05, 4.69) is 5.32 Å². The molecule has 1 aromatic heterocycles. The Morgan fingerprint density at radius 1 is 1.17 bits per heavy atom. The van der Waals surface area contributed by atoms with Crippen molar-refractivity contribution in [2.75, 3.05) is 18.8 Å². The van der Waals surface area contributed by atoms with E-state index in [0.717, 1.165) is 10.4 Å². The lowest BCUT2D eigenvalue weighted by Gasteiger charge is -2.26. The van der Waals surface area contributed by atoms with E-state index in [1.54, 1.807) is 23.1 Å². The van der Waals surface area contributed by atoms with Crippen molar-refractivity contribution < 1.29 is 24.6 Å². The van der Waals surface area contributed by atoms with Crippen molar-refractivity contribution in [1.29, 1.82) is 0 Å². The normalized spacial score (nSPS) is 20.5. The van der Waals surface area contributed by atoms with E-state index in [9.17, 15) is 24.6 Å². The van der Waals surface area contributed by atoms with Crippen molar-refractivity contribution in [2.24, 2.45) is 0 Å². The van der Waals surface area contributed by atoms with Gasteiger partial charge in [-0.3, -0.25) is 19.7 Å². The molecule has 2 aromatic rings. The molecule has 0 aliphatic carbocycles. The number of amides is 1. The minimum atomic E-state index is -1.09. The summed E-state index contributed by atoms with van der Waals surface area (Å²) < 4.78 is 0. The van der Waals surface area contributed by atoms with Crippen LogP contribution in [0.4, 0.5) is 0 Å². The Hall–Kier alpha value is -2.36. The van der Waals surface area contributed by atoms with Crippen LogP contribution in [0, 0.1) is 0 Å². The number of aliphatic carboxylic acids is 2. The highest BCUT2D eigenvalue weighted by Gasteiger charge is 2.35. The van der Waals surface area contributed by atoms with Crippen LogP contribution in [0.1, 0.15) is 22.1 Å². The Bertz CT molecular complexity index is 860. The van der Waals surface area contributed by atoms with Gasteiger partial charge in [0.25, 0.3) is 0 Å². The number of carbonyl (C=O) groups excluding carboxylic acids is 1. The zero-order chi connectivity index (χ0) is 21.5. The maximum absolute atomic E-state index is 13.0.